The molecule has 0 N–H and O–H groups in total. The molecule has 4 aromatic rings. The Kier molecular flexibility index (Phi) is 8.41. The number of rotatable bonds is 8. The number of amides is 1. The Labute approximate surface area is 260 Å². The normalized spacial score (nSPS) is 15.8. The highest BCUT2D eigenvalue weighted by Gasteiger charge is 2.34. The molecule has 1 aromatic heterocycles. The molecule has 0 spiro atoms. The van der Waals surface area contributed by atoms with Gasteiger partial charge < -0.3 is 9.47 Å². The fourth-order valence-electron chi connectivity index (χ4n) is 5.06. The van der Waals surface area contributed by atoms with Gasteiger partial charge in [-0.3, -0.25) is 14.2 Å². The van der Waals surface area contributed by atoms with E-state index < -0.39 is 0 Å². The zero-order valence-corrected chi connectivity index (χ0v) is 26.2. The van der Waals surface area contributed by atoms with Crippen molar-refractivity contribution in [2.45, 2.75) is 28.9 Å². The maximum Gasteiger partial charge on any atom is 0.272 e. The first-order valence-electron chi connectivity index (χ1n) is 13.3. The number of hydrogen-bond acceptors (Lipinski definition) is 8. The van der Waals surface area contributed by atoms with Gasteiger partial charge in [-0.05, 0) is 47.5 Å². The molecule has 0 saturated carbocycles. The van der Waals surface area contributed by atoms with Crippen LogP contribution in [-0.4, -0.2) is 51.9 Å². The number of methoxy groups -OCH3 is 2. The number of aryl methyl sites for hydroxylation is 1. The van der Waals surface area contributed by atoms with E-state index >= 15 is 0 Å². The summed E-state index contributed by atoms with van der Waals surface area (Å²) in [7, 11) is 3.18. The van der Waals surface area contributed by atoms with Crippen molar-refractivity contribution in [3.8, 4) is 17.2 Å². The zero-order valence-electron chi connectivity index (χ0n) is 23.0. The third kappa shape index (κ3) is 5.60. The van der Waals surface area contributed by atoms with Gasteiger partial charge in [0.2, 0.25) is 0 Å². The van der Waals surface area contributed by atoms with E-state index in [1.165, 1.54) is 23.5 Å². The second-order valence-electron chi connectivity index (χ2n) is 9.66. The van der Waals surface area contributed by atoms with Crippen molar-refractivity contribution in [3.05, 3.63) is 104 Å². The first-order chi connectivity index (χ1) is 20.5. The standard InChI is InChI=1S/C31H27BrN4O4S2/c1-39-26-13-10-20(16-27(26)40-2)25-17-24(19-8-11-21(32)12-9-19)34-36(25)28(37)18-42-31-33-23-14-15-41-29(23)30(38)35(31)22-6-4-3-5-7-22/h3-13,16,25H,14-15,17-18H2,1-2H3. The minimum atomic E-state index is -0.336. The summed E-state index contributed by atoms with van der Waals surface area (Å²) in [5, 5.41) is 6.87. The Morgan fingerprint density at radius 2 is 1.81 bits per heavy atom. The molecule has 2 aliphatic heterocycles. The summed E-state index contributed by atoms with van der Waals surface area (Å²) >= 11 is 6.29. The van der Waals surface area contributed by atoms with Crippen molar-refractivity contribution in [3.63, 3.8) is 0 Å². The molecule has 214 valence electrons. The van der Waals surface area contributed by atoms with Crippen LogP contribution in [0.25, 0.3) is 5.69 Å². The summed E-state index contributed by atoms with van der Waals surface area (Å²) in [5.74, 6) is 1.90. The van der Waals surface area contributed by atoms with Crippen LogP contribution in [0.15, 0.2) is 97.2 Å². The van der Waals surface area contributed by atoms with Crippen LogP contribution in [0, 0.1) is 0 Å². The third-order valence-electron chi connectivity index (χ3n) is 7.14. The second-order valence-corrected chi connectivity index (χ2v) is 12.6. The first kappa shape index (κ1) is 28.6. The van der Waals surface area contributed by atoms with E-state index in [2.05, 4.69) is 15.9 Å². The maximum atomic E-state index is 13.9. The fourth-order valence-corrected chi connectivity index (χ4v) is 7.23. The van der Waals surface area contributed by atoms with Gasteiger partial charge in [-0.2, -0.15) is 5.10 Å². The van der Waals surface area contributed by atoms with Gasteiger partial charge in [-0.1, -0.05) is 64.1 Å². The van der Waals surface area contributed by atoms with E-state index in [0.29, 0.717) is 28.0 Å². The Morgan fingerprint density at radius 3 is 2.55 bits per heavy atom. The number of ether oxygens (including phenoxy) is 2. The van der Waals surface area contributed by atoms with Crippen LogP contribution in [0.1, 0.15) is 29.3 Å². The number of carbonyl (C=O) groups is 1. The molecule has 42 heavy (non-hydrogen) atoms. The van der Waals surface area contributed by atoms with Crippen LogP contribution >= 0.6 is 39.5 Å². The Morgan fingerprint density at radius 1 is 1.05 bits per heavy atom. The average Bonchev–Trinajstić information content (AvgIpc) is 3.69. The maximum absolute atomic E-state index is 13.9. The van der Waals surface area contributed by atoms with Crippen LogP contribution in [0.5, 0.6) is 11.5 Å². The Balaban J connectivity index is 1.33. The highest BCUT2D eigenvalue weighted by atomic mass is 79.9. The summed E-state index contributed by atoms with van der Waals surface area (Å²) in [6, 6.07) is 22.7. The number of fused-ring (bicyclic) bond motifs is 1. The van der Waals surface area contributed by atoms with Crippen LogP contribution < -0.4 is 15.0 Å². The summed E-state index contributed by atoms with van der Waals surface area (Å²) in [4.78, 5) is 32.9. The minimum absolute atomic E-state index is 0.0616. The van der Waals surface area contributed by atoms with Gasteiger partial charge >= 0.3 is 0 Å². The van der Waals surface area contributed by atoms with Crippen LogP contribution in [-0.2, 0) is 11.2 Å². The van der Waals surface area contributed by atoms with E-state index in [1.807, 2.05) is 72.8 Å². The number of hydrogen-bond donors (Lipinski definition) is 0. The monoisotopic (exact) mass is 662 g/mol. The molecule has 6 rings (SSSR count). The van der Waals surface area contributed by atoms with E-state index in [-0.39, 0.29) is 23.3 Å². The molecule has 0 bridgehead atoms. The largest absolute Gasteiger partial charge is 0.493 e. The third-order valence-corrected chi connectivity index (χ3v) is 9.70. The highest BCUT2D eigenvalue weighted by molar-refractivity contribution is 9.10. The molecule has 11 heteroatoms. The van der Waals surface area contributed by atoms with Crippen molar-refractivity contribution in [1.82, 2.24) is 14.6 Å². The predicted molar refractivity (Wildman–Crippen MR) is 169 cm³/mol. The lowest BCUT2D eigenvalue weighted by Crippen LogP contribution is -2.29. The summed E-state index contributed by atoms with van der Waals surface area (Å²) in [5.41, 5.74) is 4.07. The predicted octanol–water partition coefficient (Wildman–Crippen LogP) is 6.13. The lowest BCUT2D eigenvalue weighted by atomic mass is 9.98. The van der Waals surface area contributed by atoms with E-state index in [1.54, 1.807) is 23.8 Å². The molecular formula is C31H27BrN4O4S2. The molecule has 3 aromatic carbocycles. The summed E-state index contributed by atoms with van der Waals surface area (Å²) in [6.07, 6.45) is 1.28. The van der Waals surface area contributed by atoms with E-state index in [9.17, 15) is 9.59 Å². The number of nitrogens with zero attached hydrogens (tertiary/aromatic N) is 4. The second kappa shape index (κ2) is 12.4. The molecule has 2 aliphatic rings. The quantitative estimate of drug-likeness (QED) is 0.166. The molecule has 0 radical (unpaired) electrons. The van der Waals surface area contributed by atoms with Gasteiger partial charge in [-0.25, -0.2) is 9.99 Å². The van der Waals surface area contributed by atoms with Crippen molar-refractivity contribution in [2.24, 2.45) is 5.10 Å². The number of thioether (sulfide) groups is 2. The van der Waals surface area contributed by atoms with Crippen molar-refractivity contribution >= 4 is 51.1 Å². The Hall–Kier alpha value is -3.54. The molecule has 1 unspecified atom stereocenters. The minimum Gasteiger partial charge on any atom is -0.493 e. The molecule has 0 aliphatic carbocycles. The van der Waals surface area contributed by atoms with Crippen LogP contribution in [0.4, 0.5) is 0 Å². The molecule has 0 saturated heterocycles. The number of aromatic nitrogens is 2. The number of hydrazone groups is 1. The summed E-state index contributed by atoms with van der Waals surface area (Å²) in [6.45, 7) is 0. The van der Waals surface area contributed by atoms with Crippen molar-refractivity contribution in [2.75, 3.05) is 25.7 Å². The van der Waals surface area contributed by atoms with Crippen molar-refractivity contribution in [1.29, 1.82) is 0 Å². The van der Waals surface area contributed by atoms with Gasteiger partial charge in [0, 0.05) is 23.1 Å². The summed E-state index contributed by atoms with van der Waals surface area (Å²) < 4.78 is 13.6. The SMILES string of the molecule is COc1ccc(C2CC(c3ccc(Br)cc3)=NN2C(=O)CSc2nc3c(c(=O)n2-c2ccccc2)SCC3)cc1OC. The molecule has 1 amide bonds. The highest BCUT2D eigenvalue weighted by Crippen LogP contribution is 2.38. The molecule has 1 atom stereocenters. The molecule has 3 heterocycles. The van der Waals surface area contributed by atoms with E-state index in [4.69, 9.17) is 19.6 Å². The molecule has 0 fully saturated rings. The number of benzene rings is 3. The van der Waals surface area contributed by atoms with Crippen molar-refractivity contribution < 1.29 is 14.3 Å². The lowest BCUT2D eigenvalue weighted by molar-refractivity contribution is -0.130. The topological polar surface area (TPSA) is 86.0 Å². The number of para-hydroxylation sites is 1. The van der Waals surface area contributed by atoms with Gasteiger partial charge in [-0.15, -0.1) is 11.8 Å². The van der Waals surface area contributed by atoms with Gasteiger partial charge in [0.15, 0.2) is 16.7 Å². The van der Waals surface area contributed by atoms with E-state index in [0.717, 1.165) is 44.9 Å². The van der Waals surface area contributed by atoms with Crippen LogP contribution in [0.3, 0.4) is 0 Å². The smallest absolute Gasteiger partial charge is 0.272 e. The van der Waals surface area contributed by atoms with Gasteiger partial charge in [0.1, 0.15) is 0 Å². The fraction of sp³-hybridized carbons (Fsp3) is 0.226. The first-order valence-corrected chi connectivity index (χ1v) is 16.1. The van der Waals surface area contributed by atoms with Gasteiger partial charge in [0.05, 0.1) is 48.0 Å². The Bertz CT molecular complexity index is 1730. The molecular weight excluding hydrogens is 636 g/mol. The van der Waals surface area contributed by atoms with Gasteiger partial charge in [0.25, 0.3) is 11.5 Å². The number of halogens is 1. The lowest BCUT2D eigenvalue weighted by Gasteiger charge is -2.23. The molecule has 8 nitrogen and oxygen atoms in total. The van der Waals surface area contributed by atoms with Crippen LogP contribution in [0.2, 0.25) is 0 Å². The number of carbonyl (C=O) groups excluding carboxylic acids is 1. The average molecular weight is 664 g/mol. The zero-order chi connectivity index (χ0) is 29.2.